The fourth-order valence-electron chi connectivity index (χ4n) is 1.67. The Bertz CT molecular complexity index is 468. The van der Waals surface area contributed by atoms with Gasteiger partial charge in [0.05, 0.1) is 18.5 Å². The first-order chi connectivity index (χ1) is 8.81. The lowest BCUT2D eigenvalue weighted by Crippen LogP contribution is -2.07. The molecule has 0 aliphatic heterocycles. The van der Waals surface area contributed by atoms with Crippen LogP contribution in [-0.4, -0.2) is 28.1 Å². The normalized spacial score (nSPS) is 12.6. The van der Waals surface area contributed by atoms with Crippen LogP contribution in [0.3, 0.4) is 0 Å². The Morgan fingerprint density at radius 1 is 1.33 bits per heavy atom. The van der Waals surface area contributed by atoms with Gasteiger partial charge in [-0.1, -0.05) is 25.1 Å². The van der Waals surface area contributed by atoms with Crippen LogP contribution in [-0.2, 0) is 4.74 Å². The lowest BCUT2D eigenvalue weighted by atomic mass is 10.2. The molecule has 4 heteroatoms. The zero-order chi connectivity index (χ0) is 12.8. The first-order valence-corrected chi connectivity index (χ1v) is 6.17. The molecule has 0 spiro atoms. The second-order valence-electron chi connectivity index (χ2n) is 4.14. The number of benzene rings is 1. The second kappa shape index (κ2) is 6.33. The lowest BCUT2D eigenvalue weighted by Gasteiger charge is -2.08. The molecule has 0 saturated heterocycles. The summed E-state index contributed by atoms with van der Waals surface area (Å²) in [5, 5.41) is 14.2. The molecule has 0 fully saturated rings. The molecular formula is C14H18N2O2. The van der Waals surface area contributed by atoms with Gasteiger partial charge in [0.2, 0.25) is 0 Å². The van der Waals surface area contributed by atoms with Crippen molar-refractivity contribution in [3.8, 4) is 5.69 Å². The molecule has 0 saturated carbocycles. The van der Waals surface area contributed by atoms with Crippen LogP contribution < -0.4 is 0 Å². The molecule has 0 bridgehead atoms. The minimum atomic E-state index is -0.617. The summed E-state index contributed by atoms with van der Waals surface area (Å²) in [7, 11) is 0. The minimum absolute atomic E-state index is 0.314. The molecule has 0 radical (unpaired) electrons. The third kappa shape index (κ3) is 3.18. The van der Waals surface area contributed by atoms with Crippen LogP contribution in [0.4, 0.5) is 0 Å². The molecule has 2 rings (SSSR count). The van der Waals surface area contributed by atoms with Crippen LogP contribution >= 0.6 is 0 Å². The first-order valence-electron chi connectivity index (χ1n) is 6.17. The topological polar surface area (TPSA) is 47.3 Å². The van der Waals surface area contributed by atoms with Crippen LogP contribution in [0.5, 0.6) is 0 Å². The number of hydrogen-bond acceptors (Lipinski definition) is 3. The number of rotatable bonds is 6. The number of aliphatic hydroxyl groups excluding tert-OH is 1. The molecule has 0 aliphatic carbocycles. The number of nitrogens with zero attached hydrogens (tertiary/aromatic N) is 2. The van der Waals surface area contributed by atoms with Gasteiger partial charge in [0.15, 0.2) is 0 Å². The highest BCUT2D eigenvalue weighted by molar-refractivity contribution is 5.31. The van der Waals surface area contributed by atoms with Crippen LogP contribution in [0.2, 0.25) is 0 Å². The Kier molecular flexibility index (Phi) is 4.50. The van der Waals surface area contributed by atoms with Gasteiger partial charge in [0.1, 0.15) is 6.10 Å². The summed E-state index contributed by atoms with van der Waals surface area (Å²) >= 11 is 0. The van der Waals surface area contributed by atoms with Crippen molar-refractivity contribution in [2.24, 2.45) is 0 Å². The van der Waals surface area contributed by atoms with E-state index in [1.807, 2.05) is 43.5 Å². The summed E-state index contributed by atoms with van der Waals surface area (Å²) in [6.45, 7) is 3.03. The maximum Gasteiger partial charge on any atom is 0.105 e. The highest BCUT2D eigenvalue weighted by Gasteiger charge is 2.10. The molecule has 1 aromatic carbocycles. The van der Waals surface area contributed by atoms with Crippen molar-refractivity contribution in [3.63, 3.8) is 0 Å². The van der Waals surface area contributed by atoms with Crippen molar-refractivity contribution in [1.82, 2.24) is 9.78 Å². The van der Waals surface area contributed by atoms with Crippen LogP contribution in [0, 0.1) is 0 Å². The molecule has 1 aromatic heterocycles. The number of hydrogen-bond donors (Lipinski definition) is 1. The highest BCUT2D eigenvalue weighted by Crippen LogP contribution is 2.14. The van der Waals surface area contributed by atoms with E-state index in [1.54, 1.807) is 10.9 Å². The Balaban J connectivity index is 2.02. The maximum atomic E-state index is 9.93. The molecule has 0 aliphatic rings. The van der Waals surface area contributed by atoms with E-state index in [9.17, 15) is 5.11 Å². The quantitative estimate of drug-likeness (QED) is 0.796. The summed E-state index contributed by atoms with van der Waals surface area (Å²) in [4.78, 5) is 0. The minimum Gasteiger partial charge on any atom is -0.386 e. The van der Waals surface area contributed by atoms with E-state index in [1.165, 1.54) is 0 Å². The number of aliphatic hydroxyl groups is 1. The van der Waals surface area contributed by atoms with Crippen LogP contribution in [0.1, 0.15) is 25.0 Å². The molecule has 96 valence electrons. The van der Waals surface area contributed by atoms with E-state index < -0.39 is 6.10 Å². The van der Waals surface area contributed by atoms with E-state index in [0.717, 1.165) is 17.7 Å². The van der Waals surface area contributed by atoms with E-state index in [2.05, 4.69) is 5.10 Å². The first kappa shape index (κ1) is 12.8. The molecule has 0 amide bonds. The van der Waals surface area contributed by atoms with E-state index in [-0.39, 0.29) is 0 Å². The lowest BCUT2D eigenvalue weighted by molar-refractivity contribution is 0.0364. The Morgan fingerprint density at radius 2 is 2.11 bits per heavy atom. The fourth-order valence-corrected chi connectivity index (χ4v) is 1.67. The van der Waals surface area contributed by atoms with E-state index in [0.29, 0.717) is 13.2 Å². The molecule has 2 aromatic rings. The van der Waals surface area contributed by atoms with Crippen LogP contribution in [0.25, 0.3) is 5.69 Å². The van der Waals surface area contributed by atoms with Gasteiger partial charge in [-0.05, 0) is 18.6 Å². The predicted octanol–water partition coefficient (Wildman–Crippen LogP) is 2.33. The van der Waals surface area contributed by atoms with Crippen LogP contribution in [0.15, 0.2) is 42.7 Å². The third-order valence-corrected chi connectivity index (χ3v) is 2.63. The number of ether oxygens (including phenoxy) is 1. The van der Waals surface area contributed by atoms with Crippen molar-refractivity contribution in [3.05, 3.63) is 48.3 Å². The highest BCUT2D eigenvalue weighted by atomic mass is 16.5. The third-order valence-electron chi connectivity index (χ3n) is 2.63. The zero-order valence-electron chi connectivity index (χ0n) is 10.5. The maximum absolute atomic E-state index is 9.93. The summed E-state index contributed by atoms with van der Waals surface area (Å²) < 4.78 is 7.08. The molecular weight excluding hydrogens is 228 g/mol. The van der Waals surface area contributed by atoms with Gasteiger partial charge in [-0.25, -0.2) is 4.68 Å². The largest absolute Gasteiger partial charge is 0.386 e. The summed E-state index contributed by atoms with van der Waals surface area (Å²) in [6.07, 6.45) is 3.84. The summed E-state index contributed by atoms with van der Waals surface area (Å²) in [6, 6.07) is 9.81. The van der Waals surface area contributed by atoms with Crippen molar-refractivity contribution >= 4 is 0 Å². The molecule has 1 heterocycles. The number of aromatic nitrogens is 2. The fraction of sp³-hybridized carbons (Fsp3) is 0.357. The molecule has 1 unspecified atom stereocenters. The molecule has 18 heavy (non-hydrogen) atoms. The average molecular weight is 246 g/mol. The van der Waals surface area contributed by atoms with Gasteiger partial charge in [0.25, 0.3) is 0 Å². The van der Waals surface area contributed by atoms with Gasteiger partial charge in [-0.3, -0.25) is 0 Å². The van der Waals surface area contributed by atoms with E-state index >= 15 is 0 Å². The summed E-state index contributed by atoms with van der Waals surface area (Å²) in [5.74, 6) is 0. The SMILES string of the molecule is CCCOCC(O)c1cnn(-c2ccccc2)c1. The smallest absolute Gasteiger partial charge is 0.105 e. The van der Waals surface area contributed by atoms with E-state index in [4.69, 9.17) is 4.74 Å². The Hall–Kier alpha value is -1.65. The average Bonchev–Trinajstić information content (AvgIpc) is 2.89. The molecule has 1 atom stereocenters. The Labute approximate surface area is 107 Å². The van der Waals surface area contributed by atoms with Gasteiger partial charge < -0.3 is 9.84 Å². The van der Waals surface area contributed by atoms with Crippen molar-refractivity contribution in [2.75, 3.05) is 13.2 Å². The van der Waals surface area contributed by atoms with Gasteiger partial charge >= 0.3 is 0 Å². The van der Waals surface area contributed by atoms with Crippen molar-refractivity contribution < 1.29 is 9.84 Å². The molecule has 1 N–H and O–H groups in total. The van der Waals surface area contributed by atoms with Gasteiger partial charge in [0, 0.05) is 18.4 Å². The zero-order valence-corrected chi connectivity index (χ0v) is 10.5. The monoisotopic (exact) mass is 246 g/mol. The van der Waals surface area contributed by atoms with Crippen molar-refractivity contribution in [1.29, 1.82) is 0 Å². The standard InChI is InChI=1S/C14H18N2O2/c1-2-8-18-11-14(17)12-9-15-16(10-12)13-6-4-3-5-7-13/h3-7,9-10,14,17H,2,8,11H2,1H3. The molecule has 4 nitrogen and oxygen atoms in total. The Morgan fingerprint density at radius 3 is 2.83 bits per heavy atom. The second-order valence-corrected chi connectivity index (χ2v) is 4.14. The van der Waals surface area contributed by atoms with Gasteiger partial charge in [-0.2, -0.15) is 5.10 Å². The van der Waals surface area contributed by atoms with Gasteiger partial charge in [-0.15, -0.1) is 0 Å². The summed E-state index contributed by atoms with van der Waals surface area (Å²) in [5.41, 5.74) is 1.75. The van der Waals surface area contributed by atoms with Crippen molar-refractivity contribution in [2.45, 2.75) is 19.4 Å². The number of para-hydroxylation sites is 1. The predicted molar refractivity (Wildman–Crippen MR) is 69.6 cm³/mol.